The number of nitrogens with one attached hydrogen (secondary N) is 1. The normalized spacial score (nSPS) is 11.3. The number of ether oxygens (including phenoxy) is 1. The van der Waals surface area contributed by atoms with Gasteiger partial charge in [-0.1, -0.05) is 48.0 Å². The minimum Gasteiger partial charge on any atom is -0.489 e. The fraction of sp³-hybridized carbons (Fsp3) is 0.0769. The third kappa shape index (κ3) is 4.09. The first-order chi connectivity index (χ1) is 16.7. The Morgan fingerprint density at radius 2 is 1.76 bits per heavy atom. The Labute approximate surface area is 199 Å². The maximum atomic E-state index is 6.13. The van der Waals surface area contributed by atoms with Crippen LogP contribution in [0.4, 0.5) is 0 Å². The zero-order valence-electron chi connectivity index (χ0n) is 17.9. The van der Waals surface area contributed by atoms with Crippen LogP contribution in [0, 0.1) is 0 Å². The lowest BCUT2D eigenvalue weighted by Crippen LogP contribution is -2.02. The van der Waals surface area contributed by atoms with Gasteiger partial charge < -0.3 is 9.15 Å². The molecule has 0 aliphatic carbocycles. The summed E-state index contributed by atoms with van der Waals surface area (Å²) in [5.74, 6) is 2.17. The molecule has 34 heavy (non-hydrogen) atoms. The summed E-state index contributed by atoms with van der Waals surface area (Å²) in [6, 6.07) is 25.5. The summed E-state index contributed by atoms with van der Waals surface area (Å²) in [5, 5.41) is 16.7. The van der Waals surface area contributed by atoms with Crippen LogP contribution in [0.2, 0.25) is 5.02 Å². The lowest BCUT2D eigenvalue weighted by atomic mass is 10.1. The molecule has 6 rings (SSSR count). The van der Waals surface area contributed by atoms with Crippen LogP contribution in [0.15, 0.2) is 83.3 Å². The van der Waals surface area contributed by atoms with Crippen LogP contribution < -0.4 is 4.74 Å². The van der Waals surface area contributed by atoms with E-state index in [-0.39, 0.29) is 0 Å². The van der Waals surface area contributed by atoms with Crippen molar-refractivity contribution in [2.24, 2.45) is 0 Å². The minimum atomic E-state index is 0.431. The average molecular weight is 468 g/mol. The van der Waals surface area contributed by atoms with Gasteiger partial charge in [-0.3, -0.25) is 0 Å². The van der Waals surface area contributed by atoms with Crippen LogP contribution in [0.1, 0.15) is 17.0 Å². The number of halogens is 1. The smallest absolute Gasteiger partial charge is 0.153 e. The number of aromatic amines is 1. The van der Waals surface area contributed by atoms with Crippen molar-refractivity contribution >= 4 is 33.5 Å². The Kier molecular flexibility index (Phi) is 5.16. The maximum Gasteiger partial charge on any atom is 0.153 e. The Bertz CT molecular complexity index is 1610. The average Bonchev–Trinajstić information content (AvgIpc) is 3.52. The monoisotopic (exact) mass is 467 g/mol. The van der Waals surface area contributed by atoms with Crippen molar-refractivity contribution in [2.45, 2.75) is 13.0 Å². The summed E-state index contributed by atoms with van der Waals surface area (Å²) in [4.78, 5) is 4.71. The summed E-state index contributed by atoms with van der Waals surface area (Å²) in [7, 11) is 0. The van der Waals surface area contributed by atoms with Gasteiger partial charge in [0.15, 0.2) is 11.6 Å². The molecular weight excluding hydrogens is 450 g/mol. The van der Waals surface area contributed by atoms with E-state index in [2.05, 4.69) is 26.7 Å². The Morgan fingerprint density at radius 3 is 2.65 bits per heavy atom. The molecule has 8 heteroatoms. The van der Waals surface area contributed by atoms with Crippen LogP contribution in [0.5, 0.6) is 5.75 Å². The van der Waals surface area contributed by atoms with Crippen molar-refractivity contribution in [1.82, 2.24) is 25.6 Å². The minimum absolute atomic E-state index is 0.431. The summed E-state index contributed by atoms with van der Waals surface area (Å²) in [6.45, 7) is 0.431. The van der Waals surface area contributed by atoms with Crippen molar-refractivity contribution in [1.29, 1.82) is 0 Å². The molecule has 1 N–H and O–H groups in total. The fourth-order valence-electron chi connectivity index (χ4n) is 3.93. The van der Waals surface area contributed by atoms with Gasteiger partial charge in [0.2, 0.25) is 0 Å². The van der Waals surface area contributed by atoms with E-state index in [1.165, 1.54) is 0 Å². The zero-order chi connectivity index (χ0) is 22.9. The molecule has 0 unspecified atom stereocenters. The van der Waals surface area contributed by atoms with Gasteiger partial charge in [-0.15, -0.1) is 5.10 Å². The fourth-order valence-corrected chi connectivity index (χ4v) is 4.10. The number of rotatable bonds is 6. The quantitative estimate of drug-likeness (QED) is 0.324. The number of H-pyrrole nitrogens is 1. The molecule has 0 atom stereocenters. The van der Waals surface area contributed by atoms with E-state index in [1.54, 1.807) is 0 Å². The second-order valence-electron chi connectivity index (χ2n) is 7.93. The molecule has 166 valence electrons. The predicted octanol–water partition coefficient (Wildman–Crippen LogP) is 5.98. The van der Waals surface area contributed by atoms with Crippen molar-refractivity contribution in [3.8, 4) is 17.2 Å². The van der Waals surface area contributed by atoms with E-state index in [0.29, 0.717) is 29.6 Å². The number of hydrogen-bond acceptors (Lipinski definition) is 6. The van der Waals surface area contributed by atoms with Gasteiger partial charge in [-0.2, -0.15) is 0 Å². The molecule has 0 spiro atoms. The maximum absolute atomic E-state index is 6.13. The van der Waals surface area contributed by atoms with Crippen LogP contribution in [-0.2, 0) is 13.0 Å². The molecule has 7 nitrogen and oxygen atoms in total. The van der Waals surface area contributed by atoms with Crippen molar-refractivity contribution in [3.63, 3.8) is 0 Å². The van der Waals surface area contributed by atoms with Gasteiger partial charge in [0.05, 0.1) is 5.52 Å². The van der Waals surface area contributed by atoms with Crippen LogP contribution in [-0.4, -0.2) is 25.6 Å². The highest BCUT2D eigenvalue weighted by Gasteiger charge is 2.11. The number of hydrogen-bond donors (Lipinski definition) is 1. The second kappa shape index (κ2) is 8.61. The predicted molar refractivity (Wildman–Crippen MR) is 130 cm³/mol. The van der Waals surface area contributed by atoms with Gasteiger partial charge in [0, 0.05) is 22.2 Å². The van der Waals surface area contributed by atoms with Crippen LogP contribution in [0.3, 0.4) is 0 Å². The highest BCUT2D eigenvalue weighted by Crippen LogP contribution is 2.31. The molecule has 0 aliphatic heterocycles. The van der Waals surface area contributed by atoms with E-state index in [9.17, 15) is 0 Å². The number of pyridine rings is 1. The number of nitrogens with zero attached hydrogens (tertiary/aromatic N) is 4. The van der Waals surface area contributed by atoms with Crippen molar-refractivity contribution < 1.29 is 9.15 Å². The van der Waals surface area contributed by atoms with E-state index in [1.807, 2.05) is 72.8 Å². The number of tetrazole rings is 1. The van der Waals surface area contributed by atoms with Crippen molar-refractivity contribution in [2.75, 3.05) is 0 Å². The van der Waals surface area contributed by atoms with Gasteiger partial charge in [-0.05, 0) is 64.0 Å². The topological polar surface area (TPSA) is 89.7 Å². The van der Waals surface area contributed by atoms with Gasteiger partial charge in [0.25, 0.3) is 0 Å². The summed E-state index contributed by atoms with van der Waals surface area (Å²) >= 11 is 6.13. The first kappa shape index (κ1) is 20.4. The highest BCUT2D eigenvalue weighted by molar-refractivity contribution is 6.31. The lowest BCUT2D eigenvalue weighted by molar-refractivity contribution is 0.305. The first-order valence-electron chi connectivity index (χ1n) is 10.7. The molecule has 0 saturated carbocycles. The molecule has 0 fully saturated rings. The van der Waals surface area contributed by atoms with Gasteiger partial charge in [0.1, 0.15) is 23.6 Å². The molecule has 0 aliphatic rings. The van der Waals surface area contributed by atoms with Gasteiger partial charge >= 0.3 is 0 Å². The van der Waals surface area contributed by atoms with E-state index >= 15 is 0 Å². The largest absolute Gasteiger partial charge is 0.489 e. The molecule has 0 saturated heterocycles. The molecular formula is C26H18ClN5O2. The molecule has 0 radical (unpaired) electrons. The number of benzene rings is 3. The third-order valence-electron chi connectivity index (χ3n) is 5.65. The summed E-state index contributed by atoms with van der Waals surface area (Å²) in [5.41, 5.74) is 4.54. The van der Waals surface area contributed by atoms with Crippen LogP contribution in [0.25, 0.3) is 33.3 Å². The van der Waals surface area contributed by atoms with Crippen molar-refractivity contribution in [3.05, 3.63) is 101 Å². The number of aromatic nitrogens is 5. The van der Waals surface area contributed by atoms with E-state index in [0.717, 1.165) is 44.4 Å². The standard InChI is InChI=1S/C26H18ClN5O2/c27-20-7-5-16-6-9-22(28-23(16)14-20)25-12-19-11-21(8-10-24(19)34-25)33-15-18-4-2-1-3-17(18)13-26-29-31-32-30-26/h1-12,14H,13,15H2,(H,29,30,31,32). The second-order valence-corrected chi connectivity index (χ2v) is 8.36. The summed E-state index contributed by atoms with van der Waals surface area (Å²) in [6.07, 6.45) is 0.612. The number of furan rings is 1. The molecule has 0 amide bonds. The lowest BCUT2D eigenvalue weighted by Gasteiger charge is -2.10. The Morgan fingerprint density at radius 1 is 0.882 bits per heavy atom. The molecule has 6 aromatic rings. The highest BCUT2D eigenvalue weighted by atomic mass is 35.5. The van der Waals surface area contributed by atoms with E-state index in [4.69, 9.17) is 25.7 Å². The molecule has 3 aromatic heterocycles. The zero-order valence-corrected chi connectivity index (χ0v) is 18.7. The first-order valence-corrected chi connectivity index (χ1v) is 11.1. The summed E-state index contributed by atoms with van der Waals surface area (Å²) < 4.78 is 12.2. The number of fused-ring (bicyclic) bond motifs is 2. The molecule has 3 heterocycles. The third-order valence-corrected chi connectivity index (χ3v) is 5.89. The van der Waals surface area contributed by atoms with E-state index < -0.39 is 0 Å². The molecule has 0 bridgehead atoms. The van der Waals surface area contributed by atoms with Gasteiger partial charge in [-0.25, -0.2) is 10.1 Å². The Hall–Kier alpha value is -4.23. The SMILES string of the molecule is Clc1ccc2ccc(-c3cc4cc(OCc5ccccc5Cc5nnn[nH]5)ccc4o3)nc2c1. The molecule has 3 aromatic carbocycles. The Balaban J connectivity index is 1.24. The van der Waals surface area contributed by atoms with Crippen LogP contribution >= 0.6 is 11.6 Å².